The van der Waals surface area contributed by atoms with Crippen LogP contribution in [0.1, 0.15) is 41.0 Å². The van der Waals surface area contributed by atoms with Crippen molar-refractivity contribution in [2.24, 2.45) is 0 Å². The van der Waals surface area contributed by atoms with Gasteiger partial charge in [0, 0.05) is 18.5 Å². The lowest BCUT2D eigenvalue weighted by atomic mass is 10.0. The Balaban J connectivity index is 1.68. The number of aryl methyl sites for hydroxylation is 2. The first kappa shape index (κ1) is 22.3. The lowest BCUT2D eigenvalue weighted by Crippen LogP contribution is -2.31. The fourth-order valence-corrected chi connectivity index (χ4v) is 4.04. The van der Waals surface area contributed by atoms with Crippen LogP contribution in [0.3, 0.4) is 0 Å². The number of para-hydroxylation sites is 1. The topological polar surface area (TPSA) is 93.3 Å². The number of hydrogen-bond donors (Lipinski definition) is 1. The molecule has 0 atom stereocenters. The Labute approximate surface area is 192 Å². The SMILES string of the molecule is CCN(CC)C(=O)c1cnn(-c2ccccc2)c1NC(=O)Cc1noc2cc(C)cc(C)c12. The van der Waals surface area contributed by atoms with Crippen LogP contribution in [0.5, 0.6) is 0 Å². The molecule has 8 heteroatoms. The number of aromatic nitrogens is 3. The molecule has 0 radical (unpaired) electrons. The first-order valence-corrected chi connectivity index (χ1v) is 11.0. The van der Waals surface area contributed by atoms with E-state index in [1.165, 1.54) is 6.20 Å². The maximum atomic E-state index is 13.1. The minimum Gasteiger partial charge on any atom is -0.356 e. The van der Waals surface area contributed by atoms with Gasteiger partial charge in [0.25, 0.3) is 5.91 Å². The van der Waals surface area contributed by atoms with Crippen molar-refractivity contribution in [2.75, 3.05) is 18.4 Å². The van der Waals surface area contributed by atoms with E-state index in [0.717, 1.165) is 22.2 Å². The number of fused-ring (bicyclic) bond motifs is 1. The van der Waals surface area contributed by atoms with E-state index in [1.54, 1.807) is 9.58 Å². The van der Waals surface area contributed by atoms with Crippen molar-refractivity contribution in [3.05, 3.63) is 71.0 Å². The number of carbonyl (C=O) groups excluding carboxylic acids is 2. The number of nitrogens with zero attached hydrogens (tertiary/aromatic N) is 4. The average Bonchev–Trinajstić information content (AvgIpc) is 3.39. The zero-order valence-electron chi connectivity index (χ0n) is 19.3. The molecule has 4 rings (SSSR count). The third-order valence-corrected chi connectivity index (χ3v) is 5.62. The Kier molecular flexibility index (Phi) is 6.26. The Morgan fingerprint density at radius 3 is 2.52 bits per heavy atom. The van der Waals surface area contributed by atoms with Crippen LogP contribution in [0.4, 0.5) is 5.82 Å². The average molecular weight is 446 g/mol. The first-order chi connectivity index (χ1) is 15.9. The smallest absolute Gasteiger partial charge is 0.259 e. The number of benzene rings is 2. The first-order valence-electron chi connectivity index (χ1n) is 11.0. The van der Waals surface area contributed by atoms with Crippen LogP contribution < -0.4 is 5.32 Å². The van der Waals surface area contributed by atoms with E-state index in [1.807, 2.05) is 70.2 Å². The van der Waals surface area contributed by atoms with Crippen LogP contribution in [0.15, 0.2) is 53.2 Å². The molecule has 0 fully saturated rings. The van der Waals surface area contributed by atoms with Gasteiger partial charge in [-0.2, -0.15) is 5.10 Å². The highest BCUT2D eigenvalue weighted by atomic mass is 16.5. The van der Waals surface area contributed by atoms with Crippen molar-refractivity contribution in [1.82, 2.24) is 19.8 Å². The molecular formula is C25H27N5O3. The van der Waals surface area contributed by atoms with Crippen molar-refractivity contribution in [2.45, 2.75) is 34.1 Å². The van der Waals surface area contributed by atoms with Gasteiger partial charge in [0.1, 0.15) is 17.1 Å². The molecule has 0 saturated carbocycles. The molecule has 0 saturated heterocycles. The van der Waals surface area contributed by atoms with E-state index in [-0.39, 0.29) is 18.2 Å². The van der Waals surface area contributed by atoms with Gasteiger partial charge in [-0.15, -0.1) is 0 Å². The zero-order valence-corrected chi connectivity index (χ0v) is 19.3. The van der Waals surface area contributed by atoms with Crippen molar-refractivity contribution in [1.29, 1.82) is 0 Å². The van der Waals surface area contributed by atoms with E-state index in [4.69, 9.17) is 4.52 Å². The molecule has 2 aromatic carbocycles. The van der Waals surface area contributed by atoms with Crippen LogP contribution in [-0.2, 0) is 11.2 Å². The quantitative estimate of drug-likeness (QED) is 0.458. The van der Waals surface area contributed by atoms with Crippen molar-refractivity contribution in [3.8, 4) is 5.69 Å². The van der Waals surface area contributed by atoms with Gasteiger partial charge >= 0.3 is 0 Å². The van der Waals surface area contributed by atoms with Crippen molar-refractivity contribution >= 4 is 28.6 Å². The van der Waals surface area contributed by atoms with Crippen LogP contribution in [0.2, 0.25) is 0 Å². The van der Waals surface area contributed by atoms with Crippen molar-refractivity contribution < 1.29 is 14.1 Å². The summed E-state index contributed by atoms with van der Waals surface area (Å²) in [4.78, 5) is 27.9. The third-order valence-electron chi connectivity index (χ3n) is 5.62. The van der Waals surface area contributed by atoms with Gasteiger partial charge in [0.15, 0.2) is 5.58 Å². The molecule has 1 N–H and O–H groups in total. The molecule has 0 aliphatic heterocycles. The maximum absolute atomic E-state index is 13.1. The fourth-order valence-electron chi connectivity index (χ4n) is 4.04. The van der Waals surface area contributed by atoms with Crippen molar-refractivity contribution in [3.63, 3.8) is 0 Å². The molecule has 0 spiro atoms. The Morgan fingerprint density at radius 1 is 1.09 bits per heavy atom. The third kappa shape index (κ3) is 4.37. The summed E-state index contributed by atoms with van der Waals surface area (Å²) in [5, 5.41) is 12.3. The normalized spacial score (nSPS) is 11.0. The molecule has 2 aromatic heterocycles. The predicted molar refractivity (Wildman–Crippen MR) is 127 cm³/mol. The van der Waals surface area contributed by atoms with E-state index in [0.29, 0.717) is 35.7 Å². The van der Waals surface area contributed by atoms with E-state index in [2.05, 4.69) is 15.6 Å². The second kappa shape index (κ2) is 9.28. The Bertz CT molecular complexity index is 1300. The molecule has 170 valence electrons. The lowest BCUT2D eigenvalue weighted by molar-refractivity contribution is -0.115. The van der Waals surface area contributed by atoms with Crippen LogP contribution in [0, 0.1) is 13.8 Å². The summed E-state index contributed by atoms with van der Waals surface area (Å²) in [6.07, 6.45) is 1.51. The number of anilines is 1. The van der Waals surface area contributed by atoms with Crippen LogP contribution in [0.25, 0.3) is 16.7 Å². The summed E-state index contributed by atoms with van der Waals surface area (Å²) in [5.41, 5.74) is 4.36. The largest absolute Gasteiger partial charge is 0.356 e. The number of nitrogens with one attached hydrogen (secondary N) is 1. The fraction of sp³-hybridized carbons (Fsp3) is 0.280. The summed E-state index contributed by atoms with van der Waals surface area (Å²) in [5.74, 6) is -0.157. The second-order valence-corrected chi connectivity index (χ2v) is 7.94. The molecule has 4 aromatic rings. The summed E-state index contributed by atoms with van der Waals surface area (Å²) in [6, 6.07) is 13.3. The van der Waals surface area contributed by atoms with E-state index in [9.17, 15) is 9.59 Å². The summed E-state index contributed by atoms with van der Waals surface area (Å²) >= 11 is 0. The van der Waals surface area contributed by atoms with Gasteiger partial charge in [-0.1, -0.05) is 29.4 Å². The van der Waals surface area contributed by atoms with Gasteiger partial charge in [-0.3, -0.25) is 9.59 Å². The number of amides is 2. The van der Waals surface area contributed by atoms with Gasteiger partial charge in [-0.05, 0) is 57.0 Å². The molecule has 0 unspecified atom stereocenters. The molecule has 0 aliphatic rings. The van der Waals surface area contributed by atoms with E-state index < -0.39 is 0 Å². The highest BCUT2D eigenvalue weighted by Gasteiger charge is 2.24. The van der Waals surface area contributed by atoms with Crippen LogP contribution >= 0.6 is 0 Å². The Hall–Kier alpha value is -3.94. The number of carbonyl (C=O) groups is 2. The minimum atomic E-state index is -0.309. The number of rotatable bonds is 7. The highest BCUT2D eigenvalue weighted by Crippen LogP contribution is 2.26. The van der Waals surface area contributed by atoms with Gasteiger partial charge < -0.3 is 14.7 Å². The maximum Gasteiger partial charge on any atom is 0.259 e. The molecule has 0 aliphatic carbocycles. The second-order valence-electron chi connectivity index (χ2n) is 7.94. The van der Waals surface area contributed by atoms with E-state index >= 15 is 0 Å². The van der Waals surface area contributed by atoms with Gasteiger partial charge in [0.05, 0.1) is 18.3 Å². The lowest BCUT2D eigenvalue weighted by Gasteiger charge is -2.19. The molecular weight excluding hydrogens is 418 g/mol. The molecule has 8 nitrogen and oxygen atoms in total. The van der Waals surface area contributed by atoms with Gasteiger partial charge in [0.2, 0.25) is 5.91 Å². The summed E-state index contributed by atoms with van der Waals surface area (Å²) in [6.45, 7) is 8.91. The Morgan fingerprint density at radius 2 is 1.82 bits per heavy atom. The molecule has 2 heterocycles. The summed E-state index contributed by atoms with van der Waals surface area (Å²) < 4.78 is 7.03. The minimum absolute atomic E-state index is 0.00969. The highest BCUT2D eigenvalue weighted by molar-refractivity contribution is 6.04. The molecule has 2 amide bonds. The monoisotopic (exact) mass is 445 g/mol. The standard InChI is InChI=1S/C25H27N5O3/c1-5-29(6-2)25(32)19-15-26-30(18-10-8-7-9-11-18)24(19)27-22(31)14-20-23-17(4)12-16(3)13-21(23)33-28-20/h7-13,15H,5-6,14H2,1-4H3,(H,27,31). The molecule has 33 heavy (non-hydrogen) atoms. The van der Waals surface area contributed by atoms with Gasteiger partial charge in [-0.25, -0.2) is 4.68 Å². The summed E-state index contributed by atoms with van der Waals surface area (Å²) in [7, 11) is 0. The predicted octanol–water partition coefficient (Wildman–Crippen LogP) is 4.29. The molecule has 0 bridgehead atoms. The van der Waals surface area contributed by atoms with Crippen LogP contribution in [-0.4, -0.2) is 44.7 Å². The number of hydrogen-bond acceptors (Lipinski definition) is 5. The zero-order chi connectivity index (χ0) is 23.5.